The molecule has 92 valence electrons. The maximum atomic E-state index is 12.1. The highest BCUT2D eigenvalue weighted by atomic mass is 32.2. The standard InChI is InChI=1S/C12H10N2O2S2/c13-7-6-10-8-14-12(17-10)9-18(15,16)11-4-2-1-3-5-11/h1-5,8H,6,9H2. The molecule has 0 radical (unpaired) electrons. The number of hydrogen-bond acceptors (Lipinski definition) is 5. The highest BCUT2D eigenvalue weighted by Crippen LogP contribution is 2.20. The Bertz CT molecular complexity index is 670. The minimum Gasteiger partial charge on any atom is -0.248 e. The molecule has 0 amide bonds. The van der Waals surface area contributed by atoms with Crippen molar-refractivity contribution in [2.45, 2.75) is 17.1 Å². The number of thiazole rings is 1. The van der Waals surface area contributed by atoms with Gasteiger partial charge in [0.15, 0.2) is 9.84 Å². The summed E-state index contributed by atoms with van der Waals surface area (Å²) in [6.07, 6.45) is 1.83. The van der Waals surface area contributed by atoms with E-state index in [-0.39, 0.29) is 12.2 Å². The number of aromatic nitrogens is 1. The summed E-state index contributed by atoms with van der Waals surface area (Å²) in [6.45, 7) is 0. The fourth-order valence-electron chi connectivity index (χ4n) is 1.45. The highest BCUT2D eigenvalue weighted by Gasteiger charge is 2.17. The average Bonchev–Trinajstić information content (AvgIpc) is 2.77. The molecule has 0 aliphatic rings. The van der Waals surface area contributed by atoms with E-state index in [4.69, 9.17) is 5.26 Å². The molecule has 0 aliphatic carbocycles. The predicted molar refractivity (Wildman–Crippen MR) is 68.8 cm³/mol. The summed E-state index contributed by atoms with van der Waals surface area (Å²) in [6, 6.07) is 10.3. The molecule has 4 nitrogen and oxygen atoms in total. The Labute approximate surface area is 109 Å². The number of sulfone groups is 1. The van der Waals surface area contributed by atoms with Crippen molar-refractivity contribution in [1.82, 2.24) is 4.98 Å². The van der Waals surface area contributed by atoms with Crippen LogP contribution in [0, 0.1) is 11.3 Å². The molecule has 0 saturated heterocycles. The fraction of sp³-hybridized carbons (Fsp3) is 0.167. The van der Waals surface area contributed by atoms with Crippen LogP contribution in [0.15, 0.2) is 41.4 Å². The molecule has 18 heavy (non-hydrogen) atoms. The molecule has 0 atom stereocenters. The molecule has 0 spiro atoms. The van der Waals surface area contributed by atoms with Crippen LogP contribution in [-0.4, -0.2) is 13.4 Å². The summed E-state index contributed by atoms with van der Waals surface area (Å²) in [7, 11) is -3.35. The molecule has 0 saturated carbocycles. The van der Waals surface area contributed by atoms with Gasteiger partial charge in [-0.3, -0.25) is 0 Å². The van der Waals surface area contributed by atoms with Gasteiger partial charge in [-0.05, 0) is 12.1 Å². The van der Waals surface area contributed by atoms with Crippen LogP contribution in [0.1, 0.15) is 9.88 Å². The van der Waals surface area contributed by atoms with Crippen LogP contribution in [0.2, 0.25) is 0 Å². The maximum absolute atomic E-state index is 12.1. The molecule has 0 unspecified atom stereocenters. The lowest BCUT2D eigenvalue weighted by atomic mass is 10.4. The number of benzene rings is 1. The first kappa shape index (κ1) is 12.7. The monoisotopic (exact) mass is 278 g/mol. The normalized spacial score (nSPS) is 11.1. The predicted octanol–water partition coefficient (Wildman–Crippen LogP) is 2.18. The molecule has 0 N–H and O–H groups in total. The van der Waals surface area contributed by atoms with Gasteiger partial charge in [0.2, 0.25) is 0 Å². The van der Waals surface area contributed by atoms with Crippen LogP contribution in [0.4, 0.5) is 0 Å². The molecule has 6 heteroatoms. The first-order valence-corrected chi connectivity index (χ1v) is 7.67. The van der Waals surface area contributed by atoms with Crippen LogP contribution in [0.3, 0.4) is 0 Å². The van der Waals surface area contributed by atoms with Gasteiger partial charge in [-0.1, -0.05) is 18.2 Å². The fourth-order valence-corrected chi connectivity index (χ4v) is 3.94. The zero-order valence-electron chi connectivity index (χ0n) is 9.41. The van der Waals surface area contributed by atoms with E-state index >= 15 is 0 Å². The van der Waals surface area contributed by atoms with E-state index in [9.17, 15) is 8.42 Å². The maximum Gasteiger partial charge on any atom is 0.184 e. The van der Waals surface area contributed by atoms with Crippen LogP contribution in [-0.2, 0) is 22.0 Å². The highest BCUT2D eigenvalue weighted by molar-refractivity contribution is 7.90. The van der Waals surface area contributed by atoms with Gasteiger partial charge in [0.25, 0.3) is 0 Å². The van der Waals surface area contributed by atoms with Gasteiger partial charge in [-0.25, -0.2) is 13.4 Å². The molecule has 0 bridgehead atoms. The van der Waals surface area contributed by atoms with Crippen LogP contribution < -0.4 is 0 Å². The second-order valence-corrected chi connectivity index (χ2v) is 6.82. The van der Waals surface area contributed by atoms with E-state index < -0.39 is 9.84 Å². The zero-order valence-corrected chi connectivity index (χ0v) is 11.0. The van der Waals surface area contributed by atoms with E-state index in [0.29, 0.717) is 9.90 Å². The first-order chi connectivity index (χ1) is 8.62. The smallest absolute Gasteiger partial charge is 0.184 e. The third-order valence-corrected chi connectivity index (χ3v) is 5.09. The Morgan fingerprint density at radius 3 is 2.67 bits per heavy atom. The minimum atomic E-state index is -3.35. The minimum absolute atomic E-state index is 0.118. The van der Waals surface area contributed by atoms with Crippen molar-refractivity contribution in [3.05, 3.63) is 46.4 Å². The molecule has 0 fully saturated rings. The Morgan fingerprint density at radius 2 is 2.00 bits per heavy atom. The van der Waals surface area contributed by atoms with Gasteiger partial charge in [0, 0.05) is 11.1 Å². The Morgan fingerprint density at radius 1 is 1.28 bits per heavy atom. The second kappa shape index (κ2) is 5.29. The molecule has 2 aromatic rings. The van der Waals surface area contributed by atoms with Crippen molar-refractivity contribution in [2.75, 3.05) is 0 Å². The number of rotatable bonds is 4. The molecular formula is C12H10N2O2S2. The summed E-state index contributed by atoms with van der Waals surface area (Å²) in [5.41, 5.74) is 0. The van der Waals surface area contributed by atoms with E-state index in [1.807, 2.05) is 6.07 Å². The van der Waals surface area contributed by atoms with E-state index in [1.54, 1.807) is 36.5 Å². The summed E-state index contributed by atoms with van der Waals surface area (Å²) in [4.78, 5) is 5.12. The van der Waals surface area contributed by atoms with Gasteiger partial charge in [-0.15, -0.1) is 11.3 Å². The van der Waals surface area contributed by atoms with Crippen molar-refractivity contribution in [3.8, 4) is 6.07 Å². The first-order valence-electron chi connectivity index (χ1n) is 5.20. The van der Waals surface area contributed by atoms with Gasteiger partial charge >= 0.3 is 0 Å². The van der Waals surface area contributed by atoms with Gasteiger partial charge in [0.05, 0.1) is 17.4 Å². The summed E-state index contributed by atoms with van der Waals surface area (Å²) >= 11 is 1.27. The molecule has 2 rings (SSSR count). The Kier molecular flexibility index (Phi) is 3.75. The van der Waals surface area contributed by atoms with Gasteiger partial charge in [-0.2, -0.15) is 5.26 Å². The van der Waals surface area contributed by atoms with Gasteiger partial charge in [0.1, 0.15) is 10.8 Å². The largest absolute Gasteiger partial charge is 0.248 e. The SMILES string of the molecule is N#CCc1cnc(CS(=O)(=O)c2ccccc2)s1. The zero-order chi connectivity index (χ0) is 13.0. The van der Waals surface area contributed by atoms with E-state index in [0.717, 1.165) is 4.88 Å². The molecule has 1 aromatic heterocycles. The quantitative estimate of drug-likeness (QED) is 0.859. The van der Waals surface area contributed by atoms with Crippen molar-refractivity contribution < 1.29 is 8.42 Å². The van der Waals surface area contributed by atoms with Crippen molar-refractivity contribution in [3.63, 3.8) is 0 Å². The van der Waals surface area contributed by atoms with Crippen molar-refractivity contribution >= 4 is 21.2 Å². The Balaban J connectivity index is 2.21. The molecule has 0 aliphatic heterocycles. The summed E-state index contributed by atoms with van der Waals surface area (Å²) in [5, 5.41) is 9.07. The average molecular weight is 278 g/mol. The van der Waals surface area contributed by atoms with E-state index in [2.05, 4.69) is 4.98 Å². The lowest BCUT2D eigenvalue weighted by molar-refractivity contribution is 0.595. The van der Waals surface area contributed by atoms with Crippen molar-refractivity contribution in [1.29, 1.82) is 5.26 Å². The van der Waals surface area contributed by atoms with E-state index in [1.165, 1.54) is 11.3 Å². The lowest BCUT2D eigenvalue weighted by Gasteiger charge is -2.01. The number of nitrogens with zero attached hydrogens (tertiary/aromatic N) is 2. The van der Waals surface area contributed by atoms with Gasteiger partial charge < -0.3 is 0 Å². The lowest BCUT2D eigenvalue weighted by Crippen LogP contribution is -2.04. The third-order valence-electron chi connectivity index (χ3n) is 2.27. The van der Waals surface area contributed by atoms with Crippen LogP contribution >= 0.6 is 11.3 Å². The molecule has 1 heterocycles. The van der Waals surface area contributed by atoms with Crippen molar-refractivity contribution in [2.24, 2.45) is 0 Å². The summed E-state index contributed by atoms with van der Waals surface area (Å²) in [5.74, 6) is -0.118. The van der Waals surface area contributed by atoms with Crippen LogP contribution in [0.5, 0.6) is 0 Å². The Hall–Kier alpha value is -1.71. The number of hydrogen-bond donors (Lipinski definition) is 0. The topological polar surface area (TPSA) is 70.8 Å². The summed E-state index contributed by atoms with van der Waals surface area (Å²) < 4.78 is 24.1. The molecule has 1 aromatic carbocycles. The third kappa shape index (κ3) is 2.94. The molecular weight excluding hydrogens is 268 g/mol. The number of nitriles is 1. The van der Waals surface area contributed by atoms with Crippen LogP contribution in [0.25, 0.3) is 0 Å². The second-order valence-electron chi connectivity index (χ2n) is 3.63.